The van der Waals surface area contributed by atoms with Gasteiger partial charge in [-0.3, -0.25) is 0 Å². The van der Waals surface area contributed by atoms with Crippen molar-refractivity contribution in [2.45, 2.75) is 57.4 Å². The van der Waals surface area contributed by atoms with Crippen LogP contribution in [0.2, 0.25) is 0 Å². The van der Waals surface area contributed by atoms with Gasteiger partial charge in [-0.15, -0.1) is 0 Å². The van der Waals surface area contributed by atoms with Crippen molar-refractivity contribution in [3.8, 4) is 0 Å². The molecule has 3 aromatic rings. The number of aromatic nitrogens is 2. The quantitative estimate of drug-likeness (QED) is 0.364. The number of nitrogens with one attached hydrogen (secondary N) is 1. The molecule has 0 unspecified atom stereocenters. The van der Waals surface area contributed by atoms with Crippen LogP contribution < -0.4 is 0 Å². The summed E-state index contributed by atoms with van der Waals surface area (Å²) in [4.78, 5) is 22.8. The lowest BCUT2D eigenvalue weighted by Crippen LogP contribution is -2.49. The number of fused-ring (bicyclic) bond motifs is 2. The number of carbonyl (C=O) groups excluding carboxylic acids is 1. The Bertz CT molecular complexity index is 1320. The van der Waals surface area contributed by atoms with Crippen LogP contribution in [-0.4, -0.2) is 60.3 Å². The highest BCUT2D eigenvalue weighted by atomic mass is 19.1. The second kappa shape index (κ2) is 11.5. The smallest absolute Gasteiger partial charge is 0.332 e. The Hall–Kier alpha value is -2.77. The number of hydrogen-bond acceptors (Lipinski definition) is 5. The third-order valence-electron chi connectivity index (χ3n) is 6.74. The van der Waals surface area contributed by atoms with Crippen LogP contribution in [0.1, 0.15) is 61.4 Å². The Morgan fingerprint density at radius 2 is 2.11 bits per heavy atom. The first-order valence-electron chi connectivity index (χ1n) is 14.5. The van der Waals surface area contributed by atoms with E-state index in [4.69, 9.17) is 15.0 Å². The van der Waals surface area contributed by atoms with Crippen molar-refractivity contribution in [1.82, 2.24) is 14.9 Å². The van der Waals surface area contributed by atoms with Crippen LogP contribution in [0.4, 0.5) is 4.39 Å². The van der Waals surface area contributed by atoms with Crippen molar-refractivity contribution < 1.29 is 24.1 Å². The minimum absolute atomic E-state index is 0.0375. The van der Waals surface area contributed by atoms with Crippen LogP contribution in [-0.2, 0) is 27.1 Å². The van der Waals surface area contributed by atoms with Gasteiger partial charge in [-0.05, 0) is 74.1 Å². The highest BCUT2D eigenvalue weighted by Crippen LogP contribution is 2.48. The van der Waals surface area contributed by atoms with Crippen molar-refractivity contribution in [2.24, 2.45) is 5.92 Å². The molecule has 0 saturated heterocycles. The molecule has 2 aromatic carbocycles. The number of carbonyl (C=O) groups is 1. The van der Waals surface area contributed by atoms with E-state index in [9.17, 15) is 9.18 Å². The summed E-state index contributed by atoms with van der Waals surface area (Å²) < 4.78 is 61.2. The van der Waals surface area contributed by atoms with Gasteiger partial charge in [-0.1, -0.05) is 32.0 Å². The first-order valence-corrected chi connectivity index (χ1v) is 12.5. The maximum Gasteiger partial charge on any atom is 0.332 e. The molecule has 0 spiro atoms. The zero-order valence-corrected chi connectivity index (χ0v) is 21.4. The number of ether oxygens (including phenoxy) is 2. The maximum atomic E-state index is 14.3. The predicted molar refractivity (Wildman–Crippen MR) is 140 cm³/mol. The summed E-state index contributed by atoms with van der Waals surface area (Å²) in [5.74, 6) is -1.49. The fraction of sp³-hybridized carbons (Fsp3) is 0.517. The molecule has 1 aliphatic carbocycles. The number of aromatic amines is 1. The minimum atomic E-state index is -2.67. The number of benzene rings is 2. The van der Waals surface area contributed by atoms with Crippen molar-refractivity contribution in [3.63, 3.8) is 0 Å². The molecule has 1 aromatic heterocycles. The van der Waals surface area contributed by atoms with Gasteiger partial charge >= 0.3 is 5.97 Å². The van der Waals surface area contributed by atoms with Crippen LogP contribution in [0.25, 0.3) is 11.0 Å². The minimum Gasteiger partial charge on any atom is -0.457 e. The molecule has 0 saturated carbocycles. The van der Waals surface area contributed by atoms with E-state index in [1.165, 1.54) is 19.2 Å². The lowest BCUT2D eigenvalue weighted by molar-refractivity contribution is -0.172. The molecule has 0 bridgehead atoms. The molecule has 7 heteroatoms. The number of halogens is 1. The number of hydrogen-bond donors (Lipinski definition) is 1. The van der Waals surface area contributed by atoms with Gasteiger partial charge < -0.3 is 19.4 Å². The average molecular weight is 500 g/mol. The van der Waals surface area contributed by atoms with Gasteiger partial charge in [0.2, 0.25) is 0 Å². The molecule has 0 amide bonds. The van der Waals surface area contributed by atoms with E-state index in [0.717, 1.165) is 35.8 Å². The fourth-order valence-corrected chi connectivity index (χ4v) is 5.13. The standard InChI is InChI=1S/C29H38FN3O3/c1-20(2)28-23-12-11-22(30)18-21(23)13-14-29(28,36-27(34)19-35-4)15-17-33(3)16-7-10-26-31-24-8-5-6-9-25(24)32-26/h5-6,8-9,11-12,18,20,28H,7,10,13-17,19H2,1-4H3,(H,31,32)/t28-,29-/m0/s1/i13D2,14D2. The van der Waals surface area contributed by atoms with E-state index in [2.05, 4.69) is 9.97 Å². The summed E-state index contributed by atoms with van der Waals surface area (Å²) in [6.45, 7) is 4.38. The van der Waals surface area contributed by atoms with Crippen molar-refractivity contribution in [1.29, 1.82) is 0 Å². The van der Waals surface area contributed by atoms with Gasteiger partial charge in [0, 0.05) is 37.9 Å². The number of rotatable bonds is 11. The van der Waals surface area contributed by atoms with E-state index >= 15 is 0 Å². The molecule has 1 heterocycles. The van der Waals surface area contributed by atoms with Crippen LogP contribution in [0, 0.1) is 11.7 Å². The lowest BCUT2D eigenvalue weighted by Gasteiger charge is -2.47. The number of methoxy groups -OCH3 is 1. The third kappa shape index (κ3) is 5.95. The van der Waals surface area contributed by atoms with E-state index in [1.807, 2.05) is 50.1 Å². The van der Waals surface area contributed by atoms with Crippen LogP contribution >= 0.6 is 0 Å². The number of imidazole rings is 1. The van der Waals surface area contributed by atoms with Crippen molar-refractivity contribution in [3.05, 3.63) is 65.2 Å². The molecule has 1 aliphatic rings. The first kappa shape index (κ1) is 21.3. The van der Waals surface area contributed by atoms with E-state index < -0.39 is 42.7 Å². The molecule has 1 N–H and O–H groups in total. The first-order chi connectivity index (χ1) is 18.8. The molecule has 36 heavy (non-hydrogen) atoms. The fourth-order valence-electron chi connectivity index (χ4n) is 5.13. The van der Waals surface area contributed by atoms with E-state index in [1.54, 1.807) is 0 Å². The summed E-state index contributed by atoms with van der Waals surface area (Å²) in [7, 11) is 3.25. The lowest BCUT2D eigenvalue weighted by atomic mass is 9.65. The molecular weight excluding hydrogens is 457 g/mol. The topological polar surface area (TPSA) is 67.5 Å². The van der Waals surface area contributed by atoms with Crippen molar-refractivity contribution in [2.75, 3.05) is 33.9 Å². The Labute approximate surface area is 218 Å². The van der Waals surface area contributed by atoms with Gasteiger partial charge in [-0.2, -0.15) is 0 Å². The van der Waals surface area contributed by atoms with Crippen molar-refractivity contribution >= 4 is 17.0 Å². The normalized spacial score (nSPS) is 24.1. The SMILES string of the molecule is [2H]C1([2H])c2cc(F)ccc2[C@H](C(C)C)[C@](CCN(C)CCCc2nc3ccccc3[nH]2)(OC(=O)COC)C1([2H])[2H]. The van der Waals surface area contributed by atoms with Gasteiger partial charge in [-0.25, -0.2) is 14.2 Å². The highest BCUT2D eigenvalue weighted by Gasteiger charge is 2.47. The summed E-state index contributed by atoms with van der Waals surface area (Å²) in [6.07, 6.45) is -3.74. The van der Waals surface area contributed by atoms with Crippen LogP contribution in [0.15, 0.2) is 42.5 Å². The van der Waals surface area contributed by atoms with Gasteiger partial charge in [0.05, 0.1) is 11.0 Å². The van der Waals surface area contributed by atoms with E-state index in [-0.39, 0.29) is 17.9 Å². The molecule has 4 rings (SSSR count). The molecule has 2 atom stereocenters. The number of H-pyrrole nitrogens is 1. The number of nitrogens with zero attached hydrogens (tertiary/aromatic N) is 2. The molecule has 6 nitrogen and oxygen atoms in total. The molecule has 194 valence electrons. The molecular formula is C29H38FN3O3. The summed E-state index contributed by atoms with van der Waals surface area (Å²) in [5, 5.41) is 0. The maximum absolute atomic E-state index is 14.3. The van der Waals surface area contributed by atoms with Gasteiger partial charge in [0.15, 0.2) is 0 Å². The Morgan fingerprint density at radius 3 is 2.86 bits per heavy atom. The molecule has 0 radical (unpaired) electrons. The highest BCUT2D eigenvalue weighted by molar-refractivity contribution is 5.74. The number of esters is 1. The number of para-hydroxylation sites is 2. The Morgan fingerprint density at radius 1 is 1.31 bits per heavy atom. The Kier molecular flexibility index (Phi) is 6.83. The van der Waals surface area contributed by atoms with Crippen LogP contribution in [0.3, 0.4) is 0 Å². The predicted octanol–water partition coefficient (Wildman–Crippen LogP) is 5.27. The van der Waals surface area contributed by atoms with Gasteiger partial charge in [0.1, 0.15) is 23.8 Å². The van der Waals surface area contributed by atoms with Crippen LogP contribution in [0.5, 0.6) is 0 Å². The summed E-state index contributed by atoms with van der Waals surface area (Å²) in [5.41, 5.74) is 0.444. The number of aryl methyl sites for hydroxylation is 2. The second-order valence-electron chi connectivity index (χ2n) is 9.86. The monoisotopic (exact) mass is 499 g/mol. The molecule has 0 aliphatic heterocycles. The Balaban J connectivity index is 1.61. The third-order valence-corrected chi connectivity index (χ3v) is 6.74. The largest absolute Gasteiger partial charge is 0.457 e. The second-order valence-corrected chi connectivity index (χ2v) is 9.86. The van der Waals surface area contributed by atoms with Gasteiger partial charge in [0.25, 0.3) is 0 Å². The zero-order valence-electron chi connectivity index (χ0n) is 25.4. The zero-order chi connectivity index (χ0) is 29.3. The molecule has 0 fully saturated rings. The summed E-state index contributed by atoms with van der Waals surface area (Å²) >= 11 is 0. The average Bonchev–Trinajstić information content (AvgIpc) is 3.30. The summed E-state index contributed by atoms with van der Waals surface area (Å²) in [6, 6.07) is 11.7. The van der Waals surface area contributed by atoms with E-state index in [0.29, 0.717) is 18.7 Å².